The lowest BCUT2D eigenvalue weighted by Crippen LogP contribution is -2.35. The van der Waals surface area contributed by atoms with Gasteiger partial charge in [-0.05, 0) is 25.1 Å². The average molecular weight is 259 g/mol. The second-order valence-corrected chi connectivity index (χ2v) is 5.39. The molecule has 0 fully saturated rings. The Hall–Kier alpha value is -0.610. The van der Waals surface area contributed by atoms with Gasteiger partial charge in [-0.1, -0.05) is 20.8 Å². The van der Waals surface area contributed by atoms with Crippen molar-refractivity contribution >= 4 is 11.8 Å². The fourth-order valence-electron chi connectivity index (χ4n) is 1.76. The van der Waals surface area contributed by atoms with Crippen molar-refractivity contribution in [1.29, 1.82) is 0 Å². The molecule has 0 aliphatic heterocycles. The third-order valence-corrected chi connectivity index (χ3v) is 3.96. The molecule has 1 aromatic carbocycles. The molecule has 4 heteroatoms. The highest BCUT2D eigenvalue weighted by Gasteiger charge is 2.17. The van der Waals surface area contributed by atoms with Crippen molar-refractivity contribution in [3.8, 4) is 0 Å². The second-order valence-electron chi connectivity index (χ2n) is 3.97. The van der Waals surface area contributed by atoms with Crippen LogP contribution in [0, 0.1) is 11.6 Å². The van der Waals surface area contributed by atoms with Crippen molar-refractivity contribution in [2.45, 2.75) is 43.4 Å². The first-order chi connectivity index (χ1) is 8.08. The third kappa shape index (κ3) is 4.28. The summed E-state index contributed by atoms with van der Waals surface area (Å²) in [6, 6.07) is 4.08. The number of rotatable bonds is 6. The number of halogens is 2. The minimum atomic E-state index is -0.529. The maximum absolute atomic E-state index is 13.5. The fraction of sp³-hybridized carbons (Fsp3) is 0.538. The summed E-state index contributed by atoms with van der Waals surface area (Å²) in [4.78, 5) is 0.509. The lowest BCUT2D eigenvalue weighted by atomic mass is 10.2. The first kappa shape index (κ1) is 14.5. The van der Waals surface area contributed by atoms with Gasteiger partial charge in [-0.25, -0.2) is 8.78 Å². The lowest BCUT2D eigenvalue weighted by molar-refractivity contribution is 0.508. The van der Waals surface area contributed by atoms with Crippen LogP contribution in [0.1, 0.15) is 27.2 Å². The molecule has 96 valence electrons. The largest absolute Gasteiger partial charge is 0.313 e. The molecule has 0 bridgehead atoms. The maximum Gasteiger partial charge on any atom is 0.139 e. The first-order valence-electron chi connectivity index (χ1n) is 5.93. The Kier molecular flexibility index (Phi) is 5.92. The molecule has 0 radical (unpaired) electrons. The SMILES string of the molecule is CCNC(CC)C(C)Sc1ccc(F)cc1F. The van der Waals surface area contributed by atoms with E-state index in [2.05, 4.69) is 26.1 Å². The predicted molar refractivity (Wildman–Crippen MR) is 69.4 cm³/mol. The van der Waals surface area contributed by atoms with Crippen LogP contribution in [-0.2, 0) is 0 Å². The monoisotopic (exact) mass is 259 g/mol. The van der Waals surface area contributed by atoms with Gasteiger partial charge < -0.3 is 5.32 Å². The normalized spacial score (nSPS) is 14.6. The van der Waals surface area contributed by atoms with Crippen molar-refractivity contribution in [3.63, 3.8) is 0 Å². The highest BCUT2D eigenvalue weighted by Crippen LogP contribution is 2.28. The molecule has 17 heavy (non-hydrogen) atoms. The van der Waals surface area contributed by atoms with E-state index in [1.165, 1.54) is 23.9 Å². The van der Waals surface area contributed by atoms with Gasteiger partial charge in [0.15, 0.2) is 0 Å². The Bertz CT molecular complexity index is 357. The Morgan fingerprint density at radius 2 is 2.00 bits per heavy atom. The minimum absolute atomic E-state index is 0.250. The smallest absolute Gasteiger partial charge is 0.139 e. The van der Waals surface area contributed by atoms with Crippen LogP contribution in [0.15, 0.2) is 23.1 Å². The molecule has 0 aliphatic rings. The summed E-state index contributed by atoms with van der Waals surface area (Å²) in [7, 11) is 0. The van der Waals surface area contributed by atoms with Crippen LogP contribution in [0.3, 0.4) is 0 Å². The van der Waals surface area contributed by atoms with E-state index >= 15 is 0 Å². The molecule has 2 unspecified atom stereocenters. The van der Waals surface area contributed by atoms with Crippen molar-refractivity contribution < 1.29 is 8.78 Å². The lowest BCUT2D eigenvalue weighted by Gasteiger charge is -2.23. The molecule has 0 aliphatic carbocycles. The predicted octanol–water partition coefficient (Wildman–Crippen LogP) is 3.83. The molecule has 0 amide bonds. The zero-order valence-electron chi connectivity index (χ0n) is 10.5. The van der Waals surface area contributed by atoms with Crippen molar-refractivity contribution in [2.24, 2.45) is 0 Å². The maximum atomic E-state index is 13.5. The van der Waals surface area contributed by atoms with E-state index < -0.39 is 11.6 Å². The molecule has 1 aromatic rings. The van der Waals surface area contributed by atoms with Gasteiger partial charge in [-0.2, -0.15) is 0 Å². The van der Waals surface area contributed by atoms with E-state index in [1.807, 2.05) is 0 Å². The summed E-state index contributed by atoms with van der Waals surface area (Å²) in [5.41, 5.74) is 0. The summed E-state index contributed by atoms with van der Waals surface area (Å²) >= 11 is 1.45. The van der Waals surface area contributed by atoms with Crippen LogP contribution in [0.5, 0.6) is 0 Å². The molecule has 0 aromatic heterocycles. The Balaban J connectivity index is 2.69. The summed E-state index contributed by atoms with van der Waals surface area (Å²) in [5, 5.41) is 3.62. The molecular weight excluding hydrogens is 240 g/mol. The van der Waals surface area contributed by atoms with Crippen molar-refractivity contribution in [2.75, 3.05) is 6.54 Å². The Morgan fingerprint density at radius 1 is 1.29 bits per heavy atom. The van der Waals surface area contributed by atoms with Crippen LogP contribution in [0.4, 0.5) is 8.78 Å². The molecule has 0 spiro atoms. The molecule has 1 rings (SSSR count). The first-order valence-corrected chi connectivity index (χ1v) is 6.81. The van der Waals surface area contributed by atoms with Crippen LogP contribution in [0.2, 0.25) is 0 Å². The van der Waals surface area contributed by atoms with Gasteiger partial charge in [-0.3, -0.25) is 0 Å². The van der Waals surface area contributed by atoms with Gasteiger partial charge in [0.1, 0.15) is 11.6 Å². The molecule has 0 heterocycles. The Labute approximate surface area is 106 Å². The summed E-state index contributed by atoms with van der Waals surface area (Å²) in [6.07, 6.45) is 0.991. The topological polar surface area (TPSA) is 12.0 Å². The molecule has 1 N–H and O–H groups in total. The molecule has 1 nitrogen and oxygen atoms in total. The quantitative estimate of drug-likeness (QED) is 0.779. The number of hydrogen-bond donors (Lipinski definition) is 1. The van der Waals surface area contributed by atoms with Crippen molar-refractivity contribution in [1.82, 2.24) is 5.32 Å². The fourth-order valence-corrected chi connectivity index (χ4v) is 2.93. The number of thioether (sulfide) groups is 1. The number of nitrogens with one attached hydrogen (secondary N) is 1. The highest BCUT2D eigenvalue weighted by atomic mass is 32.2. The van der Waals surface area contributed by atoms with E-state index in [1.54, 1.807) is 0 Å². The average Bonchev–Trinajstić information content (AvgIpc) is 2.29. The molecule has 0 saturated carbocycles. The van der Waals surface area contributed by atoms with Crippen molar-refractivity contribution in [3.05, 3.63) is 29.8 Å². The van der Waals surface area contributed by atoms with Gasteiger partial charge in [0.05, 0.1) is 0 Å². The zero-order chi connectivity index (χ0) is 12.8. The minimum Gasteiger partial charge on any atom is -0.313 e. The zero-order valence-corrected chi connectivity index (χ0v) is 11.3. The van der Waals surface area contributed by atoms with E-state index in [0.717, 1.165) is 19.0 Å². The van der Waals surface area contributed by atoms with E-state index in [-0.39, 0.29) is 5.25 Å². The van der Waals surface area contributed by atoms with E-state index in [0.29, 0.717) is 10.9 Å². The molecular formula is C13H19F2NS. The third-order valence-electron chi connectivity index (χ3n) is 2.68. The summed E-state index contributed by atoms with van der Waals surface area (Å²) < 4.78 is 26.3. The summed E-state index contributed by atoms with van der Waals surface area (Å²) in [6.45, 7) is 7.11. The van der Waals surface area contributed by atoms with Gasteiger partial charge in [0, 0.05) is 22.3 Å². The van der Waals surface area contributed by atoms with Crippen LogP contribution >= 0.6 is 11.8 Å². The summed E-state index contributed by atoms with van der Waals surface area (Å²) in [5.74, 6) is -1.01. The van der Waals surface area contributed by atoms with E-state index in [9.17, 15) is 8.78 Å². The van der Waals surface area contributed by atoms with Gasteiger partial charge in [0.2, 0.25) is 0 Å². The molecule has 2 atom stereocenters. The number of hydrogen-bond acceptors (Lipinski definition) is 2. The second kappa shape index (κ2) is 6.97. The van der Waals surface area contributed by atoms with Gasteiger partial charge >= 0.3 is 0 Å². The Morgan fingerprint density at radius 3 is 2.53 bits per heavy atom. The number of benzene rings is 1. The van der Waals surface area contributed by atoms with Gasteiger partial charge in [-0.15, -0.1) is 11.8 Å². The van der Waals surface area contributed by atoms with Crippen LogP contribution in [0.25, 0.3) is 0 Å². The standard InChI is InChI=1S/C13H19F2NS/c1-4-12(16-5-2)9(3)17-13-7-6-10(14)8-11(13)15/h6-9,12,16H,4-5H2,1-3H3. The van der Waals surface area contributed by atoms with Crippen LogP contribution in [-0.4, -0.2) is 17.8 Å². The highest BCUT2D eigenvalue weighted by molar-refractivity contribution is 8.00. The molecule has 0 saturated heterocycles. The van der Waals surface area contributed by atoms with Gasteiger partial charge in [0.25, 0.3) is 0 Å². The van der Waals surface area contributed by atoms with E-state index in [4.69, 9.17) is 0 Å². The van der Waals surface area contributed by atoms with Crippen LogP contribution < -0.4 is 5.32 Å².